The number of aliphatic hydroxyl groups is 3. The van der Waals surface area contributed by atoms with E-state index in [1.807, 2.05) is 11.8 Å². The molecule has 4 atom stereocenters. The molecule has 2 heterocycles. The molecule has 0 aliphatic carbocycles. The number of halogens is 3. The minimum atomic E-state index is -1.52. The molecule has 1 aliphatic rings. The Hall–Kier alpha value is -3.71. The van der Waals surface area contributed by atoms with Crippen molar-refractivity contribution in [3.63, 3.8) is 0 Å². The number of aliphatic hydroxyl groups excluding tert-OH is 3. The number of piperidine rings is 1. The van der Waals surface area contributed by atoms with E-state index in [0.29, 0.717) is 24.5 Å². The van der Waals surface area contributed by atoms with Gasteiger partial charge in [-0.15, -0.1) is 0 Å². The van der Waals surface area contributed by atoms with Crippen LogP contribution in [0.15, 0.2) is 60.7 Å². The van der Waals surface area contributed by atoms with Crippen LogP contribution in [-0.2, 0) is 4.79 Å². The Balaban J connectivity index is 1.76. The topological polar surface area (TPSA) is 158 Å². The van der Waals surface area contributed by atoms with Gasteiger partial charge in [0.05, 0.1) is 41.5 Å². The summed E-state index contributed by atoms with van der Waals surface area (Å²) in [5.74, 6) is -4.53. The van der Waals surface area contributed by atoms with Gasteiger partial charge in [0, 0.05) is 36.8 Å². The van der Waals surface area contributed by atoms with Crippen molar-refractivity contribution in [2.75, 3.05) is 29.9 Å². The maximum Gasteiger partial charge on any atom is 0.255 e. The SMILES string of the molecule is C=C(/C=C\C(F)=C(/N)c1c(F)cc([C@@H](O)CO)cc1F)C(=O)Nc1cnccc1N1C[C@@H](N)[C@H](O)[C@@H](C)C1. The number of amides is 1. The van der Waals surface area contributed by atoms with E-state index in [9.17, 15) is 28.2 Å². The van der Waals surface area contributed by atoms with Crippen molar-refractivity contribution in [1.29, 1.82) is 0 Å². The van der Waals surface area contributed by atoms with Gasteiger partial charge in [0.15, 0.2) is 0 Å². The molecule has 1 fully saturated rings. The number of nitrogens with two attached hydrogens (primary N) is 2. The molecule has 9 nitrogen and oxygen atoms in total. The molecule has 12 heteroatoms. The minimum Gasteiger partial charge on any atom is -0.396 e. The molecule has 38 heavy (non-hydrogen) atoms. The number of nitrogens with one attached hydrogen (secondary N) is 1. The molecular weight excluding hydrogens is 503 g/mol. The van der Waals surface area contributed by atoms with Crippen LogP contribution in [0.2, 0.25) is 0 Å². The third-order valence-electron chi connectivity index (χ3n) is 6.22. The molecule has 0 unspecified atom stereocenters. The molecule has 8 N–H and O–H groups in total. The summed E-state index contributed by atoms with van der Waals surface area (Å²) in [6.07, 6.45) is 2.52. The summed E-state index contributed by atoms with van der Waals surface area (Å²) in [5, 5.41) is 31.3. The second-order valence-corrected chi connectivity index (χ2v) is 9.06. The smallest absolute Gasteiger partial charge is 0.255 e. The van der Waals surface area contributed by atoms with E-state index in [-0.39, 0.29) is 17.1 Å². The van der Waals surface area contributed by atoms with Gasteiger partial charge < -0.3 is 37.0 Å². The number of nitrogens with zero attached hydrogens (tertiary/aromatic N) is 2. The van der Waals surface area contributed by atoms with Crippen molar-refractivity contribution in [2.24, 2.45) is 17.4 Å². The number of carbonyl (C=O) groups excluding carboxylic acids is 1. The van der Waals surface area contributed by atoms with Gasteiger partial charge in [-0.25, -0.2) is 13.2 Å². The first-order valence-corrected chi connectivity index (χ1v) is 11.7. The maximum atomic E-state index is 14.7. The Morgan fingerprint density at radius 2 is 1.97 bits per heavy atom. The highest BCUT2D eigenvalue weighted by molar-refractivity contribution is 6.06. The lowest BCUT2D eigenvalue weighted by molar-refractivity contribution is -0.112. The Bertz CT molecular complexity index is 1230. The highest BCUT2D eigenvalue weighted by atomic mass is 19.1. The molecular formula is C26H30F3N5O4. The largest absolute Gasteiger partial charge is 0.396 e. The molecule has 0 bridgehead atoms. The summed E-state index contributed by atoms with van der Waals surface area (Å²) in [6, 6.07) is 2.66. The maximum absolute atomic E-state index is 14.7. The zero-order valence-electron chi connectivity index (χ0n) is 20.6. The second-order valence-electron chi connectivity index (χ2n) is 9.06. The van der Waals surface area contributed by atoms with Crippen molar-refractivity contribution >= 4 is 23.0 Å². The minimum absolute atomic E-state index is 0.112. The molecule has 1 saturated heterocycles. The van der Waals surface area contributed by atoms with Gasteiger partial charge in [0.2, 0.25) is 0 Å². The van der Waals surface area contributed by atoms with Crippen LogP contribution in [0.25, 0.3) is 5.70 Å². The van der Waals surface area contributed by atoms with E-state index < -0.39 is 59.5 Å². The summed E-state index contributed by atoms with van der Waals surface area (Å²) in [7, 11) is 0. The van der Waals surface area contributed by atoms with Crippen LogP contribution in [0.5, 0.6) is 0 Å². The Kier molecular flexibility index (Phi) is 9.28. The molecule has 1 aromatic heterocycles. The van der Waals surface area contributed by atoms with E-state index in [1.165, 1.54) is 6.20 Å². The number of pyridine rings is 1. The number of carbonyl (C=O) groups is 1. The lowest BCUT2D eigenvalue weighted by Crippen LogP contribution is -2.55. The average molecular weight is 534 g/mol. The number of anilines is 2. The van der Waals surface area contributed by atoms with Gasteiger partial charge >= 0.3 is 0 Å². The Morgan fingerprint density at radius 1 is 1.32 bits per heavy atom. The number of aromatic nitrogens is 1. The lowest BCUT2D eigenvalue weighted by Gasteiger charge is -2.40. The Morgan fingerprint density at radius 3 is 2.58 bits per heavy atom. The predicted molar refractivity (Wildman–Crippen MR) is 137 cm³/mol. The van der Waals surface area contributed by atoms with Crippen molar-refractivity contribution in [3.8, 4) is 0 Å². The van der Waals surface area contributed by atoms with Crippen molar-refractivity contribution in [2.45, 2.75) is 25.2 Å². The molecule has 0 spiro atoms. The van der Waals surface area contributed by atoms with Crippen molar-refractivity contribution in [1.82, 2.24) is 4.98 Å². The molecule has 204 valence electrons. The fraction of sp³-hybridized carbons (Fsp3) is 0.308. The standard InChI is InChI=1S/C26H30F3N5O4/c1-13(3-4-16(27)24(31)23-17(28)7-15(8-18(23)29)22(36)12-35)26(38)33-20-9-32-6-5-21(20)34-10-14(2)25(37)19(30)11-34/h3-9,14,19,22,25,35-37H,1,10-12,30-31H2,2H3,(H,33,38)/b4-3-,24-16+/t14-,19+,22-,25+/m0/s1. The molecule has 1 aliphatic heterocycles. The van der Waals surface area contributed by atoms with Crippen LogP contribution in [0.3, 0.4) is 0 Å². The zero-order chi connectivity index (χ0) is 28.1. The third kappa shape index (κ3) is 6.40. The molecule has 2 aromatic rings. The summed E-state index contributed by atoms with van der Waals surface area (Å²) >= 11 is 0. The molecule has 0 radical (unpaired) electrons. The summed E-state index contributed by atoms with van der Waals surface area (Å²) in [5.41, 5.74) is 10.4. The highest BCUT2D eigenvalue weighted by Crippen LogP contribution is 2.30. The first-order valence-electron chi connectivity index (χ1n) is 11.7. The van der Waals surface area contributed by atoms with Crippen LogP contribution in [0, 0.1) is 17.6 Å². The first-order chi connectivity index (χ1) is 17.9. The van der Waals surface area contributed by atoms with Crippen molar-refractivity contribution < 1.29 is 33.3 Å². The van der Waals surface area contributed by atoms with Gasteiger partial charge in [-0.2, -0.15) is 0 Å². The van der Waals surface area contributed by atoms with E-state index in [2.05, 4.69) is 16.9 Å². The van der Waals surface area contributed by atoms with Crippen LogP contribution in [0.4, 0.5) is 24.5 Å². The van der Waals surface area contributed by atoms with Crippen molar-refractivity contribution in [3.05, 3.63) is 83.5 Å². The monoisotopic (exact) mass is 533 g/mol. The fourth-order valence-corrected chi connectivity index (χ4v) is 4.08. The molecule has 1 amide bonds. The number of allylic oxidation sites excluding steroid dienone is 2. The zero-order valence-corrected chi connectivity index (χ0v) is 20.6. The number of hydrogen-bond acceptors (Lipinski definition) is 8. The van der Waals surface area contributed by atoms with Crippen LogP contribution < -0.4 is 21.7 Å². The molecule has 1 aromatic carbocycles. The summed E-state index contributed by atoms with van der Waals surface area (Å²) < 4.78 is 43.4. The highest BCUT2D eigenvalue weighted by Gasteiger charge is 2.32. The average Bonchev–Trinajstić information content (AvgIpc) is 2.88. The molecule has 3 rings (SSSR count). The van der Waals surface area contributed by atoms with Crippen LogP contribution in [-0.4, -0.2) is 58.1 Å². The van der Waals surface area contributed by atoms with Gasteiger partial charge in [0.1, 0.15) is 23.6 Å². The third-order valence-corrected chi connectivity index (χ3v) is 6.22. The summed E-state index contributed by atoms with van der Waals surface area (Å²) in [6.45, 7) is 5.53. The van der Waals surface area contributed by atoms with Gasteiger partial charge in [-0.05, 0) is 35.9 Å². The lowest BCUT2D eigenvalue weighted by atomic mass is 9.92. The van der Waals surface area contributed by atoms with Crippen LogP contribution >= 0.6 is 0 Å². The number of rotatable bonds is 8. The normalized spacial score (nSPS) is 21.3. The van der Waals surface area contributed by atoms with Gasteiger partial charge in [0.25, 0.3) is 5.91 Å². The van der Waals surface area contributed by atoms with Gasteiger partial charge in [-0.1, -0.05) is 13.5 Å². The van der Waals surface area contributed by atoms with E-state index in [0.717, 1.165) is 24.3 Å². The van der Waals surface area contributed by atoms with Gasteiger partial charge in [-0.3, -0.25) is 9.78 Å². The molecule has 0 saturated carbocycles. The fourth-order valence-electron chi connectivity index (χ4n) is 4.08. The first kappa shape index (κ1) is 28.9. The summed E-state index contributed by atoms with van der Waals surface area (Å²) in [4.78, 5) is 18.6. The van der Waals surface area contributed by atoms with Crippen LogP contribution in [0.1, 0.15) is 24.2 Å². The van der Waals surface area contributed by atoms with E-state index in [1.54, 1.807) is 12.3 Å². The second kappa shape index (κ2) is 12.2. The Labute approximate surface area is 217 Å². The number of hydrogen-bond donors (Lipinski definition) is 6. The predicted octanol–water partition coefficient (Wildman–Crippen LogP) is 1.88. The van der Waals surface area contributed by atoms with E-state index >= 15 is 0 Å². The van der Waals surface area contributed by atoms with E-state index in [4.69, 9.17) is 16.6 Å². The quantitative estimate of drug-likeness (QED) is 0.222. The number of benzene rings is 1.